The lowest BCUT2D eigenvalue weighted by Crippen LogP contribution is -2.42. The number of unbranched alkanes of at least 4 members (excludes halogenated alkanes) is 1. The first kappa shape index (κ1) is 24.9. The van der Waals surface area contributed by atoms with Crippen molar-refractivity contribution in [3.63, 3.8) is 0 Å². The van der Waals surface area contributed by atoms with Crippen LogP contribution in [0.2, 0.25) is 0 Å². The minimum atomic E-state index is -0.00813. The highest BCUT2D eigenvalue weighted by Gasteiger charge is 2.28. The van der Waals surface area contributed by atoms with Crippen LogP contribution in [0.25, 0.3) is 0 Å². The van der Waals surface area contributed by atoms with E-state index in [1.54, 1.807) is 13.8 Å². The standard InChI is InChI=1S/C21H42N2O3/c1-8-9-10-20(22-17(6)25)15(4)11-19(16(5)13-24)12-21(14(2)3)23-18(7)26/h14-16,19-21,24H,8-13H2,1-7H3,(H,22,25)(H,23,26)/t15-,16+,19?,20?,21?/m0/s1. The monoisotopic (exact) mass is 370 g/mol. The summed E-state index contributed by atoms with van der Waals surface area (Å²) in [5, 5.41) is 15.9. The third-order valence-electron chi connectivity index (χ3n) is 5.46. The van der Waals surface area contributed by atoms with Gasteiger partial charge >= 0.3 is 0 Å². The zero-order valence-corrected chi connectivity index (χ0v) is 18.0. The van der Waals surface area contributed by atoms with E-state index in [9.17, 15) is 14.7 Å². The van der Waals surface area contributed by atoms with Gasteiger partial charge in [0.15, 0.2) is 0 Å². The van der Waals surface area contributed by atoms with E-state index in [1.807, 2.05) is 0 Å². The molecule has 0 aromatic carbocycles. The molecule has 0 aliphatic heterocycles. The molecule has 0 bridgehead atoms. The first-order valence-electron chi connectivity index (χ1n) is 10.3. The Balaban J connectivity index is 5.14. The Bertz CT molecular complexity index is 412. The number of hydrogen-bond donors (Lipinski definition) is 3. The van der Waals surface area contributed by atoms with Gasteiger partial charge in [0.05, 0.1) is 0 Å². The molecule has 3 unspecified atom stereocenters. The molecular formula is C21H42N2O3. The molecule has 154 valence electrons. The van der Waals surface area contributed by atoms with Crippen LogP contribution in [0.15, 0.2) is 0 Å². The van der Waals surface area contributed by atoms with E-state index in [0.29, 0.717) is 17.8 Å². The van der Waals surface area contributed by atoms with Gasteiger partial charge in [0.2, 0.25) is 11.8 Å². The summed E-state index contributed by atoms with van der Waals surface area (Å²) in [5.41, 5.74) is 0. The van der Waals surface area contributed by atoms with Crippen molar-refractivity contribution >= 4 is 11.8 Å². The maximum atomic E-state index is 11.6. The minimum Gasteiger partial charge on any atom is -0.396 e. The van der Waals surface area contributed by atoms with Gasteiger partial charge in [-0.2, -0.15) is 0 Å². The summed E-state index contributed by atoms with van der Waals surface area (Å²) in [5.74, 6) is 1.14. The Morgan fingerprint density at radius 1 is 0.885 bits per heavy atom. The van der Waals surface area contributed by atoms with E-state index in [2.05, 4.69) is 45.3 Å². The maximum absolute atomic E-state index is 11.6. The quantitative estimate of drug-likeness (QED) is 0.464. The Morgan fingerprint density at radius 3 is 1.85 bits per heavy atom. The molecule has 0 saturated heterocycles. The third kappa shape index (κ3) is 10.1. The first-order valence-corrected chi connectivity index (χ1v) is 10.3. The fraction of sp³-hybridized carbons (Fsp3) is 0.905. The molecule has 0 rings (SSSR count). The molecule has 0 heterocycles. The summed E-state index contributed by atoms with van der Waals surface area (Å²) in [6.45, 7) is 13.9. The average molecular weight is 371 g/mol. The van der Waals surface area contributed by atoms with Gasteiger partial charge in [-0.05, 0) is 42.9 Å². The Kier molecular flexibility index (Phi) is 12.6. The number of nitrogens with one attached hydrogen (secondary N) is 2. The van der Waals surface area contributed by atoms with Gasteiger partial charge in [-0.3, -0.25) is 9.59 Å². The molecule has 0 aromatic heterocycles. The van der Waals surface area contributed by atoms with Gasteiger partial charge in [0.25, 0.3) is 0 Å². The van der Waals surface area contributed by atoms with Crippen LogP contribution in [0.5, 0.6) is 0 Å². The van der Waals surface area contributed by atoms with Crippen LogP contribution in [0, 0.1) is 23.7 Å². The molecule has 2 amide bonds. The Labute approximate surface area is 160 Å². The number of aliphatic hydroxyl groups excluding tert-OH is 1. The molecule has 0 aliphatic carbocycles. The van der Waals surface area contributed by atoms with E-state index in [4.69, 9.17) is 0 Å². The van der Waals surface area contributed by atoms with Crippen molar-refractivity contribution in [1.29, 1.82) is 0 Å². The zero-order valence-electron chi connectivity index (χ0n) is 18.0. The lowest BCUT2D eigenvalue weighted by molar-refractivity contribution is -0.121. The predicted octanol–water partition coefficient (Wildman–Crippen LogP) is 3.50. The van der Waals surface area contributed by atoms with Crippen molar-refractivity contribution in [2.45, 2.75) is 92.7 Å². The smallest absolute Gasteiger partial charge is 0.217 e. The van der Waals surface area contributed by atoms with Crippen molar-refractivity contribution in [3.05, 3.63) is 0 Å². The van der Waals surface area contributed by atoms with E-state index >= 15 is 0 Å². The number of amides is 2. The summed E-state index contributed by atoms with van der Waals surface area (Å²) in [4.78, 5) is 23.1. The normalized spacial score (nSPS) is 17.3. The summed E-state index contributed by atoms with van der Waals surface area (Å²) >= 11 is 0. The molecular weight excluding hydrogens is 328 g/mol. The van der Waals surface area contributed by atoms with Crippen LogP contribution in [0.1, 0.15) is 80.6 Å². The van der Waals surface area contributed by atoms with Crippen LogP contribution in [-0.4, -0.2) is 35.6 Å². The van der Waals surface area contributed by atoms with Gasteiger partial charge in [0, 0.05) is 32.5 Å². The van der Waals surface area contributed by atoms with E-state index < -0.39 is 0 Å². The molecule has 0 aromatic rings. The fourth-order valence-corrected chi connectivity index (χ4v) is 3.62. The van der Waals surface area contributed by atoms with Gasteiger partial charge in [-0.1, -0.05) is 47.5 Å². The van der Waals surface area contributed by atoms with Crippen molar-refractivity contribution < 1.29 is 14.7 Å². The van der Waals surface area contributed by atoms with E-state index in [1.165, 1.54) is 0 Å². The van der Waals surface area contributed by atoms with Gasteiger partial charge < -0.3 is 15.7 Å². The van der Waals surface area contributed by atoms with Gasteiger partial charge in [-0.25, -0.2) is 0 Å². The minimum absolute atomic E-state index is 0.00813. The lowest BCUT2D eigenvalue weighted by atomic mass is 9.77. The molecule has 3 N–H and O–H groups in total. The lowest BCUT2D eigenvalue weighted by Gasteiger charge is -2.34. The molecule has 0 fully saturated rings. The van der Waals surface area contributed by atoms with Crippen LogP contribution in [0.3, 0.4) is 0 Å². The first-order chi connectivity index (χ1) is 12.1. The second-order valence-corrected chi connectivity index (χ2v) is 8.37. The summed E-state index contributed by atoms with van der Waals surface area (Å²) in [6, 6.07) is 0.271. The highest BCUT2D eigenvalue weighted by Crippen LogP contribution is 2.29. The molecule has 26 heavy (non-hydrogen) atoms. The maximum Gasteiger partial charge on any atom is 0.217 e. The van der Waals surface area contributed by atoms with E-state index in [0.717, 1.165) is 32.1 Å². The SMILES string of the molecule is CCCCC(NC(C)=O)[C@@H](C)CC(CC(NC(C)=O)C(C)C)[C@H](C)CO. The van der Waals surface area contributed by atoms with Crippen molar-refractivity contribution in [2.75, 3.05) is 6.61 Å². The molecule has 5 nitrogen and oxygen atoms in total. The molecule has 0 radical (unpaired) electrons. The second-order valence-electron chi connectivity index (χ2n) is 8.37. The second kappa shape index (κ2) is 13.1. The number of carbonyl (C=O) groups excluding carboxylic acids is 2. The molecule has 5 heteroatoms. The highest BCUT2D eigenvalue weighted by molar-refractivity contribution is 5.73. The van der Waals surface area contributed by atoms with Crippen LogP contribution in [-0.2, 0) is 9.59 Å². The topological polar surface area (TPSA) is 78.4 Å². The van der Waals surface area contributed by atoms with Crippen molar-refractivity contribution in [3.8, 4) is 0 Å². The van der Waals surface area contributed by atoms with E-state index in [-0.39, 0.29) is 36.4 Å². The molecule has 0 aliphatic rings. The average Bonchev–Trinajstić information content (AvgIpc) is 2.55. The Morgan fingerprint density at radius 2 is 1.42 bits per heavy atom. The third-order valence-corrected chi connectivity index (χ3v) is 5.46. The van der Waals surface area contributed by atoms with Gasteiger partial charge in [-0.15, -0.1) is 0 Å². The summed E-state index contributed by atoms with van der Waals surface area (Å²) in [7, 11) is 0. The number of hydrogen-bond acceptors (Lipinski definition) is 3. The van der Waals surface area contributed by atoms with Crippen molar-refractivity contribution in [2.24, 2.45) is 23.7 Å². The molecule has 0 saturated carbocycles. The zero-order chi connectivity index (χ0) is 20.3. The highest BCUT2D eigenvalue weighted by atomic mass is 16.3. The predicted molar refractivity (Wildman–Crippen MR) is 108 cm³/mol. The fourth-order valence-electron chi connectivity index (χ4n) is 3.62. The largest absolute Gasteiger partial charge is 0.396 e. The number of carbonyl (C=O) groups is 2. The molecule has 0 spiro atoms. The molecule has 5 atom stereocenters. The number of aliphatic hydroxyl groups is 1. The number of rotatable bonds is 13. The van der Waals surface area contributed by atoms with Crippen LogP contribution in [0.4, 0.5) is 0 Å². The van der Waals surface area contributed by atoms with Gasteiger partial charge in [0.1, 0.15) is 0 Å². The van der Waals surface area contributed by atoms with Crippen LogP contribution < -0.4 is 10.6 Å². The van der Waals surface area contributed by atoms with Crippen molar-refractivity contribution in [1.82, 2.24) is 10.6 Å². The summed E-state index contributed by atoms with van der Waals surface area (Å²) in [6.07, 6.45) is 4.97. The van der Waals surface area contributed by atoms with Crippen LogP contribution >= 0.6 is 0 Å². The summed E-state index contributed by atoms with van der Waals surface area (Å²) < 4.78 is 0. The Hall–Kier alpha value is -1.10.